The molecule has 2 aromatic heterocycles. The molecule has 1 amide bonds. The quantitative estimate of drug-likeness (QED) is 0.508. The van der Waals surface area contributed by atoms with Gasteiger partial charge in [0.1, 0.15) is 9.77 Å². The van der Waals surface area contributed by atoms with Crippen LogP contribution in [0.2, 0.25) is 0 Å². The van der Waals surface area contributed by atoms with Gasteiger partial charge in [0.2, 0.25) is 15.9 Å². The fourth-order valence-corrected chi connectivity index (χ4v) is 7.61. The molecule has 1 aromatic carbocycles. The number of nitrogens with zero attached hydrogens (tertiary/aromatic N) is 3. The molecular weight excluding hydrogens is 498 g/mol. The van der Waals surface area contributed by atoms with Gasteiger partial charge in [-0.15, -0.1) is 11.3 Å². The third-order valence-corrected chi connectivity index (χ3v) is 9.95. The van der Waals surface area contributed by atoms with Crippen molar-refractivity contribution in [2.75, 3.05) is 18.0 Å². The molecule has 5 rings (SSSR count). The van der Waals surface area contributed by atoms with Gasteiger partial charge in [0.15, 0.2) is 0 Å². The lowest BCUT2D eigenvalue weighted by atomic mass is 9.82. The summed E-state index contributed by atoms with van der Waals surface area (Å²) in [6.07, 6.45) is 7.63. The highest BCUT2D eigenvalue weighted by Crippen LogP contribution is 2.41. The maximum Gasteiger partial charge on any atom is 0.348 e. The number of thiophene rings is 1. The van der Waals surface area contributed by atoms with E-state index in [9.17, 15) is 23.1 Å². The molecule has 0 radical (unpaired) electrons. The van der Waals surface area contributed by atoms with Crippen LogP contribution in [0.25, 0.3) is 10.4 Å². The first-order chi connectivity index (χ1) is 17.4. The van der Waals surface area contributed by atoms with Crippen LogP contribution in [-0.4, -0.2) is 53.8 Å². The Morgan fingerprint density at radius 3 is 2.47 bits per heavy atom. The molecule has 1 unspecified atom stereocenters. The van der Waals surface area contributed by atoms with Crippen molar-refractivity contribution in [3.63, 3.8) is 0 Å². The number of carboxylic acids is 1. The summed E-state index contributed by atoms with van der Waals surface area (Å²) in [5.74, 6) is -1.43. The van der Waals surface area contributed by atoms with Crippen LogP contribution >= 0.6 is 11.3 Å². The molecule has 1 atom stereocenters. The van der Waals surface area contributed by atoms with Crippen molar-refractivity contribution in [2.45, 2.75) is 43.0 Å². The smallest absolute Gasteiger partial charge is 0.348 e. The van der Waals surface area contributed by atoms with E-state index in [-0.39, 0.29) is 28.8 Å². The van der Waals surface area contributed by atoms with Gasteiger partial charge in [0.05, 0.1) is 18.3 Å². The molecule has 0 spiro atoms. The zero-order valence-electron chi connectivity index (χ0n) is 19.6. The number of carboxylic acid groups (broad SMARTS) is 1. The Labute approximate surface area is 214 Å². The number of aromatic carboxylic acids is 1. The number of carbonyl (C=O) groups is 2. The third kappa shape index (κ3) is 4.68. The van der Waals surface area contributed by atoms with Crippen molar-refractivity contribution in [1.82, 2.24) is 9.29 Å². The first kappa shape index (κ1) is 24.6. The van der Waals surface area contributed by atoms with Gasteiger partial charge < -0.3 is 10.0 Å². The van der Waals surface area contributed by atoms with Gasteiger partial charge in [-0.3, -0.25) is 9.78 Å². The van der Waals surface area contributed by atoms with E-state index in [4.69, 9.17) is 0 Å². The number of hydrogen-bond donors (Lipinski definition) is 1. The molecular formula is C26H27N3O5S2. The van der Waals surface area contributed by atoms with Gasteiger partial charge in [-0.1, -0.05) is 49.6 Å². The molecule has 36 heavy (non-hydrogen) atoms. The number of anilines is 1. The molecule has 8 nitrogen and oxygen atoms in total. The van der Waals surface area contributed by atoms with Gasteiger partial charge in [-0.2, -0.15) is 4.31 Å². The van der Waals surface area contributed by atoms with Crippen molar-refractivity contribution in [1.29, 1.82) is 0 Å². The second-order valence-electron chi connectivity index (χ2n) is 9.21. The minimum absolute atomic E-state index is 0.0433. The first-order valence-corrected chi connectivity index (χ1v) is 14.3. The van der Waals surface area contributed by atoms with Crippen LogP contribution in [0.15, 0.2) is 65.8 Å². The topological polar surface area (TPSA) is 108 Å². The minimum atomic E-state index is -3.93. The zero-order valence-corrected chi connectivity index (χ0v) is 21.2. The lowest BCUT2D eigenvalue weighted by molar-refractivity contribution is -0.121. The fourth-order valence-electron chi connectivity index (χ4n) is 5.25. The molecule has 1 saturated carbocycles. The molecule has 0 bridgehead atoms. The molecule has 2 fully saturated rings. The van der Waals surface area contributed by atoms with E-state index in [0.717, 1.165) is 53.9 Å². The predicted octanol–water partition coefficient (Wildman–Crippen LogP) is 4.49. The fraction of sp³-hybridized carbons (Fsp3) is 0.346. The summed E-state index contributed by atoms with van der Waals surface area (Å²) in [7, 11) is -3.93. The van der Waals surface area contributed by atoms with E-state index in [1.807, 2.05) is 30.3 Å². The van der Waals surface area contributed by atoms with Crippen molar-refractivity contribution >= 4 is 38.9 Å². The third-order valence-electron chi connectivity index (χ3n) is 6.99. The second-order valence-corrected chi connectivity index (χ2v) is 12.2. The van der Waals surface area contributed by atoms with Crippen LogP contribution in [0.3, 0.4) is 0 Å². The molecule has 2 aliphatic rings. The highest BCUT2D eigenvalue weighted by atomic mass is 32.2. The van der Waals surface area contributed by atoms with Crippen LogP contribution in [0.1, 0.15) is 41.8 Å². The lowest BCUT2D eigenvalue weighted by Gasteiger charge is -2.44. The molecule has 188 valence electrons. The molecule has 10 heteroatoms. The van der Waals surface area contributed by atoms with Crippen molar-refractivity contribution in [2.24, 2.45) is 5.92 Å². The normalized spacial score (nSPS) is 19.9. The van der Waals surface area contributed by atoms with E-state index in [1.54, 1.807) is 17.0 Å². The lowest BCUT2D eigenvalue weighted by Crippen LogP contribution is -2.60. The average Bonchev–Trinajstić information content (AvgIpc) is 3.35. The number of amides is 1. The van der Waals surface area contributed by atoms with Crippen molar-refractivity contribution in [3.8, 4) is 10.4 Å². The molecule has 1 N–H and O–H groups in total. The Morgan fingerprint density at radius 1 is 1.06 bits per heavy atom. The summed E-state index contributed by atoms with van der Waals surface area (Å²) >= 11 is 1.13. The van der Waals surface area contributed by atoms with Gasteiger partial charge in [-0.05, 0) is 42.5 Å². The Balaban J connectivity index is 1.56. The van der Waals surface area contributed by atoms with E-state index in [0.29, 0.717) is 5.69 Å². The van der Waals surface area contributed by atoms with Gasteiger partial charge in [-0.25, -0.2) is 13.2 Å². The second kappa shape index (κ2) is 10.1. The number of hydrogen-bond acceptors (Lipinski definition) is 6. The molecule has 3 heterocycles. The maximum atomic E-state index is 13.7. The molecule has 1 saturated heterocycles. The summed E-state index contributed by atoms with van der Waals surface area (Å²) in [6.45, 7) is -0.237. The Kier molecular flexibility index (Phi) is 6.92. The Bertz CT molecular complexity index is 1350. The van der Waals surface area contributed by atoms with Crippen LogP contribution in [0, 0.1) is 5.92 Å². The number of sulfonamides is 1. The SMILES string of the molecule is O=C(O)c1sc(-c2ccccc2)cc1N1C(=O)CN(S(=O)(=O)c2cccnc2)CC1C1CCCCC1. The number of aromatic nitrogens is 1. The maximum absolute atomic E-state index is 13.7. The number of piperazine rings is 1. The summed E-state index contributed by atoms with van der Waals surface area (Å²) in [6, 6.07) is 13.8. The highest BCUT2D eigenvalue weighted by Gasteiger charge is 2.44. The zero-order chi connectivity index (χ0) is 25.3. The van der Waals surface area contributed by atoms with Gasteiger partial charge in [0, 0.05) is 23.8 Å². The van der Waals surface area contributed by atoms with E-state index < -0.39 is 27.9 Å². The molecule has 3 aromatic rings. The average molecular weight is 526 g/mol. The van der Waals surface area contributed by atoms with E-state index >= 15 is 0 Å². The minimum Gasteiger partial charge on any atom is -0.477 e. The summed E-state index contributed by atoms with van der Waals surface area (Å²) in [5, 5.41) is 10.0. The molecule has 1 aliphatic carbocycles. The highest BCUT2D eigenvalue weighted by molar-refractivity contribution is 7.89. The van der Waals surface area contributed by atoms with Gasteiger partial charge >= 0.3 is 5.97 Å². The number of carbonyl (C=O) groups excluding carboxylic acids is 1. The number of pyridine rings is 1. The van der Waals surface area contributed by atoms with E-state index in [1.165, 1.54) is 22.8 Å². The van der Waals surface area contributed by atoms with Crippen molar-refractivity contribution < 1.29 is 23.1 Å². The van der Waals surface area contributed by atoms with Gasteiger partial charge in [0.25, 0.3) is 0 Å². The molecule has 1 aliphatic heterocycles. The monoisotopic (exact) mass is 525 g/mol. The largest absolute Gasteiger partial charge is 0.477 e. The predicted molar refractivity (Wildman–Crippen MR) is 138 cm³/mol. The summed E-state index contributed by atoms with van der Waals surface area (Å²) in [4.78, 5) is 32.3. The number of rotatable bonds is 6. The first-order valence-electron chi connectivity index (χ1n) is 12.0. The van der Waals surface area contributed by atoms with Crippen LogP contribution in [0.5, 0.6) is 0 Å². The van der Waals surface area contributed by atoms with E-state index in [2.05, 4.69) is 4.98 Å². The van der Waals surface area contributed by atoms with Crippen LogP contribution < -0.4 is 4.90 Å². The summed E-state index contributed by atoms with van der Waals surface area (Å²) in [5.41, 5.74) is 1.22. The number of benzene rings is 1. The van der Waals surface area contributed by atoms with Crippen LogP contribution in [0.4, 0.5) is 5.69 Å². The standard InChI is InChI=1S/C26H27N3O5S2/c30-24-17-28(36(33,34)20-12-7-13-27-15-20)16-22(18-8-3-1-4-9-18)29(24)21-14-23(35-25(21)26(31)32)19-10-5-2-6-11-19/h2,5-7,10-15,18,22H,1,3-4,8-9,16-17H2,(H,31,32). The Morgan fingerprint density at radius 2 is 1.81 bits per heavy atom. The summed E-state index contributed by atoms with van der Waals surface area (Å²) < 4.78 is 28.0. The Hall–Kier alpha value is -3.08. The van der Waals surface area contributed by atoms with Crippen LogP contribution in [-0.2, 0) is 14.8 Å². The van der Waals surface area contributed by atoms with Crippen molar-refractivity contribution in [3.05, 3.63) is 65.8 Å².